The Morgan fingerprint density at radius 2 is 2.09 bits per heavy atom. The van der Waals surface area contributed by atoms with E-state index in [-0.39, 0.29) is 11.5 Å². The van der Waals surface area contributed by atoms with Crippen molar-refractivity contribution in [3.05, 3.63) is 11.8 Å². The van der Waals surface area contributed by atoms with E-state index < -0.39 is 39.7 Å². The molecular weight excluding hydrogens is 368 g/mol. The molecule has 0 aromatic rings. The Balaban J connectivity index is 1.88. The van der Waals surface area contributed by atoms with Crippen LogP contribution in [0, 0.1) is 17.3 Å². The summed E-state index contributed by atoms with van der Waals surface area (Å²) >= 11 is 3.49. The number of hydrogen-bond donors (Lipinski definition) is 0. The number of fused-ring (bicyclic) bond motifs is 2. The molecule has 124 valence electrons. The van der Waals surface area contributed by atoms with E-state index in [0.29, 0.717) is 18.6 Å². The van der Waals surface area contributed by atoms with Gasteiger partial charge in [0, 0.05) is 6.92 Å². The molecule has 7 heteroatoms. The monoisotopic (exact) mass is 384 g/mol. The molecule has 23 heavy (non-hydrogen) atoms. The zero-order valence-electron chi connectivity index (χ0n) is 13.1. The van der Waals surface area contributed by atoms with Gasteiger partial charge in [0.05, 0.1) is 17.9 Å². The average molecular weight is 385 g/mol. The van der Waals surface area contributed by atoms with Crippen LogP contribution < -0.4 is 0 Å². The first-order valence-corrected chi connectivity index (χ1v) is 8.43. The predicted octanol–water partition coefficient (Wildman–Crippen LogP) is 1.85. The molecule has 1 spiro atoms. The van der Waals surface area contributed by atoms with Gasteiger partial charge in [0.15, 0.2) is 0 Å². The smallest absolute Gasteiger partial charge is 0.332 e. The second-order valence-electron chi connectivity index (χ2n) is 7.57. The molecule has 4 rings (SSSR count). The van der Waals surface area contributed by atoms with E-state index in [0.717, 1.165) is 0 Å². The minimum Gasteiger partial charge on any atom is -0.431 e. The number of hydrogen-bond acceptors (Lipinski definition) is 6. The van der Waals surface area contributed by atoms with E-state index in [1.807, 2.05) is 19.9 Å². The zero-order chi connectivity index (χ0) is 16.8. The molecule has 0 unspecified atom stereocenters. The number of ether oxygens (including phenoxy) is 3. The third-order valence-corrected chi connectivity index (χ3v) is 6.65. The van der Waals surface area contributed by atoms with Crippen LogP contribution in [-0.4, -0.2) is 33.9 Å². The Kier molecular flexibility index (Phi) is 2.83. The van der Waals surface area contributed by atoms with Gasteiger partial charge in [0.2, 0.25) is 0 Å². The standard InChI is InChI=1S/C16H17BrO6/c1-7(18)21-9-5-14(2,3)6-15-10(23-15)4-8-12(19)22-13(20)16(8,17)11(9)15/h5,8,10-11H,4,6H2,1-3H3/t8-,10+,11-,15+,16-/m0/s1. The summed E-state index contributed by atoms with van der Waals surface area (Å²) in [5.74, 6) is -2.40. The lowest BCUT2D eigenvalue weighted by Crippen LogP contribution is -2.57. The molecule has 0 radical (unpaired) electrons. The quantitative estimate of drug-likeness (QED) is 0.297. The fraction of sp³-hybridized carbons (Fsp3) is 0.688. The number of carbonyl (C=O) groups is 3. The zero-order valence-corrected chi connectivity index (χ0v) is 14.6. The Morgan fingerprint density at radius 1 is 1.39 bits per heavy atom. The van der Waals surface area contributed by atoms with Gasteiger partial charge < -0.3 is 14.2 Å². The number of halogens is 1. The minimum absolute atomic E-state index is 0.125. The summed E-state index contributed by atoms with van der Waals surface area (Å²) in [7, 11) is 0. The highest BCUT2D eigenvalue weighted by Gasteiger charge is 2.80. The summed E-state index contributed by atoms with van der Waals surface area (Å²) in [5, 5.41) is 0. The third-order valence-electron chi connectivity index (χ3n) is 5.32. The number of rotatable bonds is 1. The lowest BCUT2D eigenvalue weighted by molar-refractivity contribution is -0.154. The van der Waals surface area contributed by atoms with Crippen LogP contribution in [0.2, 0.25) is 0 Å². The van der Waals surface area contributed by atoms with Gasteiger partial charge in [-0.05, 0) is 24.3 Å². The van der Waals surface area contributed by atoms with Gasteiger partial charge >= 0.3 is 17.9 Å². The van der Waals surface area contributed by atoms with Crippen LogP contribution in [0.4, 0.5) is 0 Å². The van der Waals surface area contributed by atoms with E-state index in [9.17, 15) is 14.4 Å². The van der Waals surface area contributed by atoms with Gasteiger partial charge in [-0.1, -0.05) is 29.8 Å². The van der Waals surface area contributed by atoms with Gasteiger partial charge in [0.25, 0.3) is 0 Å². The van der Waals surface area contributed by atoms with Crippen molar-refractivity contribution < 1.29 is 28.6 Å². The van der Waals surface area contributed by atoms with E-state index in [1.165, 1.54) is 6.92 Å². The number of epoxide rings is 1. The third kappa shape index (κ3) is 1.86. The normalized spacial score (nSPS) is 46.1. The Labute approximate surface area is 141 Å². The minimum atomic E-state index is -1.23. The van der Waals surface area contributed by atoms with Crippen molar-refractivity contribution in [3.63, 3.8) is 0 Å². The highest BCUT2D eigenvalue weighted by atomic mass is 79.9. The van der Waals surface area contributed by atoms with Crippen molar-refractivity contribution in [1.82, 2.24) is 0 Å². The topological polar surface area (TPSA) is 82.2 Å². The first kappa shape index (κ1) is 15.3. The van der Waals surface area contributed by atoms with Crippen molar-refractivity contribution in [2.24, 2.45) is 17.3 Å². The van der Waals surface area contributed by atoms with E-state index >= 15 is 0 Å². The van der Waals surface area contributed by atoms with Crippen LogP contribution in [-0.2, 0) is 28.6 Å². The average Bonchev–Trinajstić information content (AvgIpc) is 3.00. The van der Waals surface area contributed by atoms with Crippen LogP contribution in [0.1, 0.15) is 33.6 Å². The maximum atomic E-state index is 12.4. The number of alkyl halides is 1. The number of allylic oxidation sites excluding steroid dienone is 1. The Hall–Kier alpha value is -1.21. The molecule has 5 atom stereocenters. The van der Waals surface area contributed by atoms with Crippen LogP contribution >= 0.6 is 15.9 Å². The maximum Gasteiger partial charge on any atom is 0.332 e. The first-order chi connectivity index (χ1) is 10.6. The van der Waals surface area contributed by atoms with Gasteiger partial charge in [-0.15, -0.1) is 0 Å². The van der Waals surface area contributed by atoms with Crippen molar-refractivity contribution in [1.29, 1.82) is 0 Å². The Bertz CT molecular complexity index is 682. The fourth-order valence-corrected chi connectivity index (χ4v) is 5.70. The predicted molar refractivity (Wildman–Crippen MR) is 80.2 cm³/mol. The number of esters is 3. The van der Waals surface area contributed by atoms with E-state index in [1.54, 1.807) is 0 Å². The first-order valence-electron chi connectivity index (χ1n) is 7.64. The molecule has 2 saturated heterocycles. The summed E-state index contributed by atoms with van der Waals surface area (Å²) in [4.78, 5) is 36.1. The second-order valence-corrected chi connectivity index (χ2v) is 8.88. The molecule has 3 fully saturated rings. The van der Waals surface area contributed by atoms with Gasteiger partial charge in [-0.3, -0.25) is 9.59 Å². The van der Waals surface area contributed by atoms with E-state index in [2.05, 4.69) is 15.9 Å². The van der Waals surface area contributed by atoms with Crippen LogP contribution in [0.5, 0.6) is 0 Å². The van der Waals surface area contributed by atoms with Crippen molar-refractivity contribution >= 4 is 33.8 Å². The maximum absolute atomic E-state index is 12.4. The molecule has 4 aliphatic rings. The molecule has 2 aliphatic carbocycles. The highest BCUT2D eigenvalue weighted by Crippen LogP contribution is 2.69. The second kappa shape index (κ2) is 4.25. The molecular formula is C16H17BrO6. The fourth-order valence-electron chi connectivity index (χ4n) is 4.63. The lowest BCUT2D eigenvalue weighted by Gasteiger charge is -2.45. The summed E-state index contributed by atoms with van der Waals surface area (Å²) in [6, 6.07) is 0. The van der Waals surface area contributed by atoms with E-state index in [4.69, 9.17) is 14.2 Å². The van der Waals surface area contributed by atoms with Crippen LogP contribution in [0.3, 0.4) is 0 Å². The van der Waals surface area contributed by atoms with Gasteiger partial charge in [-0.25, -0.2) is 4.79 Å². The lowest BCUT2D eigenvalue weighted by atomic mass is 9.59. The summed E-state index contributed by atoms with van der Waals surface area (Å²) in [6.45, 7) is 5.39. The molecule has 2 heterocycles. The van der Waals surface area contributed by atoms with Crippen LogP contribution in [0.15, 0.2) is 11.8 Å². The van der Waals surface area contributed by atoms with Gasteiger partial charge in [-0.2, -0.15) is 0 Å². The molecule has 2 aliphatic heterocycles. The van der Waals surface area contributed by atoms with Crippen molar-refractivity contribution in [2.75, 3.05) is 0 Å². The highest BCUT2D eigenvalue weighted by molar-refractivity contribution is 9.10. The SMILES string of the molecule is CC(=O)OC1=CC(C)(C)C[C@@]23O[C@@H]2C[C@H]2C(=O)OC(=O)[C@@]2(Br)[C@@H]13. The van der Waals surface area contributed by atoms with Crippen molar-refractivity contribution in [2.45, 2.75) is 49.6 Å². The van der Waals surface area contributed by atoms with Crippen molar-refractivity contribution in [3.8, 4) is 0 Å². The summed E-state index contributed by atoms with van der Waals surface area (Å²) in [6.07, 6.45) is 2.88. The van der Waals surface area contributed by atoms with Crippen LogP contribution in [0.25, 0.3) is 0 Å². The summed E-state index contributed by atoms with van der Waals surface area (Å²) in [5.41, 5.74) is -0.828. The summed E-state index contributed by atoms with van der Waals surface area (Å²) < 4.78 is 15.1. The molecule has 0 N–H and O–H groups in total. The number of cyclic esters (lactones) is 2. The molecule has 0 aromatic heterocycles. The molecule has 0 bridgehead atoms. The Morgan fingerprint density at radius 3 is 2.74 bits per heavy atom. The molecule has 1 saturated carbocycles. The van der Waals surface area contributed by atoms with Gasteiger partial charge in [0.1, 0.15) is 15.7 Å². The molecule has 0 aromatic carbocycles. The largest absolute Gasteiger partial charge is 0.431 e. The molecule has 0 amide bonds. The number of carbonyl (C=O) groups excluding carboxylic acids is 3. The molecule has 6 nitrogen and oxygen atoms in total.